The van der Waals surface area contributed by atoms with Crippen LogP contribution in [-0.2, 0) is 16.6 Å². The van der Waals surface area contributed by atoms with E-state index in [1.165, 1.54) is 16.4 Å². The van der Waals surface area contributed by atoms with Crippen LogP contribution in [0.15, 0.2) is 47.4 Å². The molecule has 2 aromatic carbocycles. The quantitative estimate of drug-likeness (QED) is 0.537. The van der Waals surface area contributed by atoms with Crippen molar-refractivity contribution in [2.75, 3.05) is 25.0 Å². The van der Waals surface area contributed by atoms with E-state index in [4.69, 9.17) is 11.6 Å². The molecule has 0 aromatic heterocycles. The molecule has 1 aliphatic heterocycles. The standard InChI is InChI=1S/C18H20ClN3O4S/c1-20(13-14-5-4-6-15(19)11-14)17-8-7-16(12-18(17)22(23)24)27(25,26)21-9-2-3-10-21/h4-8,11-12H,2-3,9-10,13H2,1H3. The van der Waals surface area contributed by atoms with Gasteiger partial charge in [0, 0.05) is 37.8 Å². The summed E-state index contributed by atoms with van der Waals surface area (Å²) in [5.74, 6) is 0. The summed E-state index contributed by atoms with van der Waals surface area (Å²) in [5, 5.41) is 12.2. The minimum absolute atomic E-state index is 0.0454. The zero-order valence-electron chi connectivity index (χ0n) is 14.8. The van der Waals surface area contributed by atoms with Crippen LogP contribution >= 0.6 is 11.6 Å². The molecule has 0 amide bonds. The molecule has 9 heteroatoms. The second-order valence-electron chi connectivity index (χ2n) is 6.50. The molecular weight excluding hydrogens is 390 g/mol. The highest BCUT2D eigenvalue weighted by molar-refractivity contribution is 7.89. The van der Waals surface area contributed by atoms with Crippen molar-refractivity contribution < 1.29 is 13.3 Å². The maximum absolute atomic E-state index is 12.7. The molecule has 1 fully saturated rings. The first-order valence-electron chi connectivity index (χ1n) is 8.53. The number of halogens is 1. The van der Waals surface area contributed by atoms with E-state index in [1.807, 2.05) is 12.1 Å². The molecule has 1 saturated heterocycles. The molecule has 0 spiro atoms. The van der Waals surface area contributed by atoms with Crippen molar-refractivity contribution in [2.45, 2.75) is 24.3 Å². The summed E-state index contributed by atoms with van der Waals surface area (Å²) in [6, 6.07) is 11.3. The van der Waals surface area contributed by atoms with Gasteiger partial charge in [-0.05, 0) is 42.7 Å². The van der Waals surface area contributed by atoms with Crippen LogP contribution in [0.5, 0.6) is 0 Å². The predicted molar refractivity (Wildman–Crippen MR) is 105 cm³/mol. The summed E-state index contributed by atoms with van der Waals surface area (Å²) >= 11 is 5.99. The Morgan fingerprint density at radius 2 is 1.89 bits per heavy atom. The fourth-order valence-corrected chi connectivity index (χ4v) is 4.96. The highest BCUT2D eigenvalue weighted by Gasteiger charge is 2.30. The van der Waals surface area contributed by atoms with Crippen molar-refractivity contribution in [3.05, 3.63) is 63.2 Å². The fraction of sp³-hybridized carbons (Fsp3) is 0.333. The van der Waals surface area contributed by atoms with Crippen molar-refractivity contribution in [3.8, 4) is 0 Å². The smallest absolute Gasteiger partial charge is 0.293 e. The lowest BCUT2D eigenvalue weighted by atomic mass is 10.2. The SMILES string of the molecule is CN(Cc1cccc(Cl)c1)c1ccc(S(=O)(=O)N2CCCC2)cc1[N+](=O)[O-]. The van der Waals surface area contributed by atoms with Gasteiger partial charge in [0.2, 0.25) is 10.0 Å². The Labute approximate surface area is 163 Å². The molecule has 7 nitrogen and oxygen atoms in total. The lowest BCUT2D eigenvalue weighted by Crippen LogP contribution is -2.28. The normalized spacial score (nSPS) is 15.0. The summed E-state index contributed by atoms with van der Waals surface area (Å²) in [6.07, 6.45) is 1.61. The van der Waals surface area contributed by atoms with Crippen LogP contribution in [0.25, 0.3) is 0 Å². The van der Waals surface area contributed by atoms with Crippen LogP contribution in [0.2, 0.25) is 5.02 Å². The van der Waals surface area contributed by atoms with E-state index >= 15 is 0 Å². The number of hydrogen-bond donors (Lipinski definition) is 0. The Morgan fingerprint density at radius 3 is 2.52 bits per heavy atom. The largest absolute Gasteiger partial charge is 0.365 e. The molecular formula is C18H20ClN3O4S. The average molecular weight is 410 g/mol. The van der Waals surface area contributed by atoms with E-state index in [1.54, 1.807) is 24.1 Å². The third-order valence-electron chi connectivity index (χ3n) is 4.57. The Morgan fingerprint density at radius 1 is 1.19 bits per heavy atom. The maximum Gasteiger partial charge on any atom is 0.293 e. The number of sulfonamides is 1. The van der Waals surface area contributed by atoms with Gasteiger partial charge in [0.15, 0.2) is 0 Å². The Balaban J connectivity index is 1.93. The van der Waals surface area contributed by atoms with E-state index in [2.05, 4.69) is 0 Å². The lowest BCUT2D eigenvalue weighted by Gasteiger charge is -2.21. The minimum Gasteiger partial charge on any atom is -0.365 e. The Hall–Kier alpha value is -2.16. The number of nitro groups is 1. The molecule has 0 radical (unpaired) electrons. The topological polar surface area (TPSA) is 83.8 Å². The highest BCUT2D eigenvalue weighted by atomic mass is 35.5. The number of hydrogen-bond acceptors (Lipinski definition) is 5. The van der Waals surface area contributed by atoms with Crippen molar-refractivity contribution in [3.63, 3.8) is 0 Å². The zero-order chi connectivity index (χ0) is 19.6. The van der Waals surface area contributed by atoms with Gasteiger partial charge in [0.05, 0.1) is 9.82 Å². The van der Waals surface area contributed by atoms with Gasteiger partial charge in [-0.1, -0.05) is 23.7 Å². The van der Waals surface area contributed by atoms with Crippen LogP contribution in [0.1, 0.15) is 18.4 Å². The predicted octanol–water partition coefficient (Wildman–Crippen LogP) is 3.67. The number of anilines is 1. The third kappa shape index (κ3) is 4.23. The molecule has 0 unspecified atom stereocenters. The fourth-order valence-electron chi connectivity index (χ4n) is 3.20. The third-order valence-corrected chi connectivity index (χ3v) is 6.70. The van der Waals surface area contributed by atoms with E-state index in [0.717, 1.165) is 24.5 Å². The first-order valence-corrected chi connectivity index (χ1v) is 10.3. The van der Waals surface area contributed by atoms with Gasteiger partial charge in [-0.3, -0.25) is 10.1 Å². The van der Waals surface area contributed by atoms with Crippen molar-refractivity contribution in [1.29, 1.82) is 0 Å². The Kier molecular flexibility index (Phi) is 5.69. The summed E-state index contributed by atoms with van der Waals surface area (Å²) in [5.41, 5.74) is 1.01. The van der Waals surface area contributed by atoms with E-state index in [0.29, 0.717) is 30.3 Å². The first kappa shape index (κ1) is 19.6. The summed E-state index contributed by atoms with van der Waals surface area (Å²) < 4.78 is 26.8. The maximum atomic E-state index is 12.7. The van der Waals surface area contributed by atoms with E-state index in [9.17, 15) is 18.5 Å². The second kappa shape index (κ2) is 7.84. The molecule has 3 rings (SSSR count). The number of nitro benzene ring substituents is 1. The van der Waals surface area contributed by atoms with Crippen molar-refractivity contribution >= 4 is 33.0 Å². The minimum atomic E-state index is -3.71. The van der Waals surface area contributed by atoms with Gasteiger partial charge in [-0.2, -0.15) is 4.31 Å². The molecule has 27 heavy (non-hydrogen) atoms. The molecule has 144 valence electrons. The van der Waals surface area contributed by atoms with Crippen LogP contribution in [0.4, 0.5) is 11.4 Å². The number of rotatable bonds is 6. The molecule has 0 saturated carbocycles. The van der Waals surface area contributed by atoms with Gasteiger partial charge >= 0.3 is 0 Å². The molecule has 1 aliphatic rings. The molecule has 1 heterocycles. The van der Waals surface area contributed by atoms with Crippen LogP contribution in [0.3, 0.4) is 0 Å². The lowest BCUT2D eigenvalue weighted by molar-refractivity contribution is -0.384. The summed E-state index contributed by atoms with van der Waals surface area (Å²) in [7, 11) is -1.99. The number of benzene rings is 2. The molecule has 0 aliphatic carbocycles. The number of nitrogens with zero attached hydrogens (tertiary/aromatic N) is 3. The molecule has 2 aromatic rings. The molecule has 0 atom stereocenters. The average Bonchev–Trinajstić information content (AvgIpc) is 3.16. The highest BCUT2D eigenvalue weighted by Crippen LogP contribution is 2.33. The van der Waals surface area contributed by atoms with Gasteiger partial charge in [-0.25, -0.2) is 8.42 Å². The van der Waals surface area contributed by atoms with Gasteiger partial charge in [-0.15, -0.1) is 0 Å². The van der Waals surface area contributed by atoms with Crippen LogP contribution < -0.4 is 4.90 Å². The van der Waals surface area contributed by atoms with Crippen molar-refractivity contribution in [1.82, 2.24) is 4.31 Å². The zero-order valence-corrected chi connectivity index (χ0v) is 16.4. The second-order valence-corrected chi connectivity index (χ2v) is 8.88. The van der Waals surface area contributed by atoms with Crippen molar-refractivity contribution in [2.24, 2.45) is 0 Å². The monoisotopic (exact) mass is 409 g/mol. The summed E-state index contributed by atoms with van der Waals surface area (Å²) in [4.78, 5) is 12.7. The Bertz CT molecular complexity index is 959. The van der Waals surface area contributed by atoms with Gasteiger partial charge in [0.1, 0.15) is 5.69 Å². The van der Waals surface area contributed by atoms with E-state index in [-0.39, 0.29) is 10.6 Å². The van der Waals surface area contributed by atoms with E-state index < -0.39 is 14.9 Å². The summed E-state index contributed by atoms with van der Waals surface area (Å²) in [6.45, 7) is 1.30. The van der Waals surface area contributed by atoms with Gasteiger partial charge < -0.3 is 4.90 Å². The van der Waals surface area contributed by atoms with Crippen LogP contribution in [-0.4, -0.2) is 37.8 Å². The first-order chi connectivity index (χ1) is 12.8. The van der Waals surface area contributed by atoms with Gasteiger partial charge in [0.25, 0.3) is 5.69 Å². The van der Waals surface area contributed by atoms with Crippen LogP contribution in [0, 0.1) is 10.1 Å². The molecule has 0 bridgehead atoms. The molecule has 0 N–H and O–H groups in total.